The van der Waals surface area contributed by atoms with Crippen LogP contribution < -0.4 is 25.5 Å². The van der Waals surface area contributed by atoms with Crippen molar-refractivity contribution in [3.63, 3.8) is 0 Å². The van der Waals surface area contributed by atoms with Crippen molar-refractivity contribution in [3.8, 4) is 11.5 Å². The van der Waals surface area contributed by atoms with E-state index in [1.165, 1.54) is 6.21 Å². The van der Waals surface area contributed by atoms with E-state index in [0.29, 0.717) is 60.1 Å². The maximum Gasteiger partial charge on any atom is 0.338 e. The summed E-state index contributed by atoms with van der Waals surface area (Å²) in [4.78, 5) is 25.3. The van der Waals surface area contributed by atoms with Crippen LogP contribution in [0, 0.1) is 0 Å². The van der Waals surface area contributed by atoms with E-state index in [1.807, 2.05) is 12.1 Å². The highest BCUT2D eigenvalue weighted by Gasteiger charge is 2.32. The molecule has 43 heavy (non-hydrogen) atoms. The van der Waals surface area contributed by atoms with Gasteiger partial charge in [-0.25, -0.2) is 10.2 Å². The molecule has 0 aromatic heterocycles. The molecule has 0 radical (unpaired) electrons. The molecule has 9 nitrogen and oxygen atoms in total. The molecule has 0 aliphatic carbocycles. The second-order valence-corrected chi connectivity index (χ2v) is 11.2. The molecule has 4 rings (SSSR count). The molecular weight excluding hydrogens is 679 g/mol. The van der Waals surface area contributed by atoms with Gasteiger partial charge in [-0.2, -0.15) is 5.10 Å². The van der Waals surface area contributed by atoms with Crippen LogP contribution in [0.4, 0.5) is 0 Å². The van der Waals surface area contributed by atoms with Gasteiger partial charge in [-0.1, -0.05) is 53.5 Å². The zero-order valence-electron chi connectivity index (χ0n) is 23.1. The summed E-state index contributed by atoms with van der Waals surface area (Å²) >= 11 is 21.2. The first-order chi connectivity index (χ1) is 20.7. The van der Waals surface area contributed by atoms with Crippen molar-refractivity contribution in [2.45, 2.75) is 26.5 Å². The molecule has 1 heterocycles. The summed E-state index contributed by atoms with van der Waals surface area (Å²) in [5, 5.41) is 11.4. The summed E-state index contributed by atoms with van der Waals surface area (Å²) in [6.07, 6.45) is 1.45. The summed E-state index contributed by atoms with van der Waals surface area (Å²) in [6.45, 7) is 3.67. The van der Waals surface area contributed by atoms with E-state index in [9.17, 15) is 9.59 Å². The van der Waals surface area contributed by atoms with Crippen LogP contribution in [0.1, 0.15) is 36.6 Å². The summed E-state index contributed by atoms with van der Waals surface area (Å²) < 4.78 is 17.6. The van der Waals surface area contributed by atoms with Crippen LogP contribution >= 0.6 is 51.3 Å². The number of amides is 1. The second kappa shape index (κ2) is 15.2. The van der Waals surface area contributed by atoms with Crippen LogP contribution in [-0.2, 0) is 20.9 Å². The number of rotatable bonds is 11. The van der Waals surface area contributed by atoms with Crippen molar-refractivity contribution in [3.05, 3.63) is 103 Å². The van der Waals surface area contributed by atoms with Gasteiger partial charge in [0.05, 0.1) is 33.9 Å². The third kappa shape index (κ3) is 8.70. The fourth-order valence-electron chi connectivity index (χ4n) is 4.14. The van der Waals surface area contributed by atoms with E-state index < -0.39 is 17.9 Å². The molecule has 0 saturated carbocycles. The van der Waals surface area contributed by atoms with Crippen molar-refractivity contribution >= 4 is 74.6 Å². The van der Waals surface area contributed by atoms with E-state index >= 15 is 0 Å². The fraction of sp³-hybridized carbons (Fsp3) is 0.200. The number of hydrogen-bond donors (Lipinski definition) is 3. The molecule has 3 aromatic rings. The number of carbonyl (C=O) groups excluding carboxylic acids is 2. The van der Waals surface area contributed by atoms with Crippen LogP contribution in [0.2, 0.25) is 10.0 Å². The van der Waals surface area contributed by atoms with Crippen LogP contribution in [0.3, 0.4) is 0 Å². The van der Waals surface area contributed by atoms with Gasteiger partial charge in [0.1, 0.15) is 12.4 Å². The van der Waals surface area contributed by atoms with Gasteiger partial charge in [0, 0.05) is 16.3 Å². The first kappa shape index (κ1) is 32.3. The smallest absolute Gasteiger partial charge is 0.338 e. The molecule has 0 fully saturated rings. The average Bonchev–Trinajstić information content (AvgIpc) is 2.96. The third-order valence-electron chi connectivity index (χ3n) is 6.07. The number of hydrogen-bond acceptors (Lipinski definition) is 7. The maximum absolute atomic E-state index is 12.7. The highest BCUT2D eigenvalue weighted by molar-refractivity contribution is 9.10. The Hall–Kier alpha value is -3.64. The van der Waals surface area contributed by atoms with Gasteiger partial charge < -0.3 is 24.8 Å². The number of hydrazone groups is 1. The summed E-state index contributed by atoms with van der Waals surface area (Å²) in [5.41, 5.74) is 5.56. The van der Waals surface area contributed by atoms with Gasteiger partial charge in [-0.15, -0.1) is 0 Å². The Labute approximate surface area is 272 Å². The standard InChI is InChI=1S/C30H27BrCl2N4O5S/c1-3-40-29(39)26-17(2)35-30(43)36-27(26)21-6-4-5-7-24(21)41-16-25(38)37-34-14-19-12-22(31)28(23(33)13-19)42-15-18-8-10-20(32)11-9-18/h4-14,27H,3,15-16H2,1-2H3,(H,37,38)(H2,35,36,43)/t27-/m1/s1. The lowest BCUT2D eigenvalue weighted by Gasteiger charge is -2.30. The first-order valence-electron chi connectivity index (χ1n) is 13.0. The Bertz CT molecular complexity index is 1560. The van der Waals surface area contributed by atoms with E-state index in [-0.39, 0.29) is 13.2 Å². The number of benzene rings is 3. The molecule has 0 saturated heterocycles. The maximum atomic E-state index is 12.7. The zero-order chi connectivity index (χ0) is 30.9. The minimum Gasteiger partial charge on any atom is -0.486 e. The van der Waals surface area contributed by atoms with Gasteiger partial charge in [-0.3, -0.25) is 4.79 Å². The number of nitrogens with one attached hydrogen (secondary N) is 3. The van der Waals surface area contributed by atoms with Crippen molar-refractivity contribution in [2.75, 3.05) is 13.2 Å². The predicted octanol–water partition coefficient (Wildman–Crippen LogP) is 6.22. The van der Waals surface area contributed by atoms with E-state index in [4.69, 9.17) is 49.6 Å². The molecule has 3 aromatic carbocycles. The molecule has 1 atom stereocenters. The van der Waals surface area contributed by atoms with E-state index in [0.717, 1.165) is 5.56 Å². The minimum absolute atomic E-state index is 0.219. The number of esters is 1. The molecule has 224 valence electrons. The molecule has 0 bridgehead atoms. The number of ether oxygens (including phenoxy) is 3. The fourth-order valence-corrected chi connectivity index (χ4v) is 5.53. The number of thiocarbonyl (C=S) groups is 1. The molecule has 1 aliphatic rings. The number of para-hydroxylation sites is 1. The second-order valence-electron chi connectivity index (χ2n) is 9.14. The molecule has 0 unspecified atom stereocenters. The van der Waals surface area contributed by atoms with Gasteiger partial charge in [0.25, 0.3) is 5.91 Å². The quantitative estimate of drug-likeness (QED) is 0.0934. The highest BCUT2D eigenvalue weighted by Crippen LogP contribution is 2.35. The molecule has 1 aliphatic heterocycles. The Morgan fingerprint density at radius 1 is 1.12 bits per heavy atom. The van der Waals surface area contributed by atoms with Gasteiger partial charge in [0.2, 0.25) is 0 Å². The lowest BCUT2D eigenvalue weighted by atomic mass is 9.95. The monoisotopic (exact) mass is 704 g/mol. The Balaban J connectivity index is 1.37. The van der Waals surface area contributed by atoms with E-state index in [1.54, 1.807) is 62.4 Å². The molecular formula is C30H27BrCl2N4O5S. The Morgan fingerprint density at radius 3 is 2.58 bits per heavy atom. The lowest BCUT2D eigenvalue weighted by molar-refractivity contribution is -0.139. The topological polar surface area (TPSA) is 110 Å². The van der Waals surface area contributed by atoms with Gasteiger partial charge >= 0.3 is 5.97 Å². The van der Waals surface area contributed by atoms with Crippen molar-refractivity contribution in [1.29, 1.82) is 0 Å². The van der Waals surface area contributed by atoms with Crippen LogP contribution in [0.15, 0.2) is 81.5 Å². The van der Waals surface area contributed by atoms with Crippen LogP contribution in [0.5, 0.6) is 11.5 Å². The Morgan fingerprint density at radius 2 is 1.86 bits per heavy atom. The third-order valence-corrected chi connectivity index (χ3v) is 7.41. The van der Waals surface area contributed by atoms with Crippen LogP contribution in [0.25, 0.3) is 0 Å². The molecule has 0 spiro atoms. The largest absolute Gasteiger partial charge is 0.486 e. The summed E-state index contributed by atoms with van der Waals surface area (Å²) in [5.74, 6) is -0.110. The normalized spacial score (nSPS) is 14.6. The number of nitrogens with zero attached hydrogens (tertiary/aromatic N) is 1. The predicted molar refractivity (Wildman–Crippen MR) is 174 cm³/mol. The number of allylic oxidation sites excluding steroid dienone is 1. The highest BCUT2D eigenvalue weighted by atomic mass is 79.9. The van der Waals surface area contributed by atoms with Crippen molar-refractivity contribution in [2.24, 2.45) is 5.10 Å². The first-order valence-corrected chi connectivity index (χ1v) is 15.0. The van der Waals surface area contributed by atoms with Crippen LogP contribution in [-0.4, -0.2) is 36.4 Å². The SMILES string of the molecule is CCOC(=O)C1=C(C)NC(=S)N[C@@H]1c1ccccc1OCC(=O)NN=Cc1cc(Cl)c(OCc2ccc(Cl)cc2)c(Br)c1. The van der Waals surface area contributed by atoms with Crippen molar-refractivity contribution < 1.29 is 23.8 Å². The van der Waals surface area contributed by atoms with Gasteiger partial charge in [0.15, 0.2) is 17.5 Å². The van der Waals surface area contributed by atoms with Gasteiger partial charge in [-0.05, 0) is 83.5 Å². The number of carbonyl (C=O) groups is 2. The summed E-state index contributed by atoms with van der Waals surface area (Å²) in [6, 6.07) is 17.2. The minimum atomic E-state index is -0.633. The average molecular weight is 706 g/mol. The lowest BCUT2D eigenvalue weighted by Crippen LogP contribution is -2.45. The Kier molecular flexibility index (Phi) is 11.4. The summed E-state index contributed by atoms with van der Waals surface area (Å²) in [7, 11) is 0. The molecule has 3 N–H and O–H groups in total. The number of halogens is 3. The zero-order valence-corrected chi connectivity index (χ0v) is 27.0. The van der Waals surface area contributed by atoms with Crippen molar-refractivity contribution in [1.82, 2.24) is 16.1 Å². The van der Waals surface area contributed by atoms with E-state index in [2.05, 4.69) is 37.1 Å². The molecule has 13 heteroatoms. The molecule has 1 amide bonds.